The first-order valence-electron chi connectivity index (χ1n) is 8.32. The standard InChI is InChI=1S/C14H16N8O7S2.Na.H/c1-6-3-9(18-29-6)20-31(26,27)21-14(25)22-4-7(12(22)24)16-11(23)10(19-28-2)8-5-30-13(15)17-8;;/h3,5,7H,4H2,1-2H3,(H2,15,17)(H,16,23)(H,18,20)(H,21,25);;/q;+1;-1/b19-10-;;/t7-;;/m0../s1. The number of aromatic nitrogens is 2. The predicted molar refractivity (Wildman–Crippen MR) is 107 cm³/mol. The molecule has 1 fully saturated rings. The van der Waals surface area contributed by atoms with Crippen LogP contribution in [-0.4, -0.2) is 66.7 Å². The van der Waals surface area contributed by atoms with Crippen molar-refractivity contribution in [2.75, 3.05) is 24.1 Å². The Morgan fingerprint density at radius 3 is 2.72 bits per heavy atom. The molecule has 0 spiro atoms. The molecule has 0 bridgehead atoms. The molecule has 0 unspecified atom stereocenters. The van der Waals surface area contributed by atoms with E-state index in [0.717, 1.165) is 11.3 Å². The number of hydrogen-bond donors (Lipinski definition) is 4. The Hall–Kier alpha value is -2.73. The van der Waals surface area contributed by atoms with Gasteiger partial charge in [-0.15, -0.1) is 11.3 Å². The molecule has 168 valence electrons. The average Bonchev–Trinajstić information content (AvgIpc) is 3.29. The number of nitrogens with two attached hydrogens (primary N) is 1. The summed E-state index contributed by atoms with van der Waals surface area (Å²) in [6.07, 6.45) is 0. The van der Waals surface area contributed by atoms with E-state index in [4.69, 9.17) is 10.3 Å². The Bertz CT molecular complexity index is 1170. The van der Waals surface area contributed by atoms with Crippen LogP contribution in [0.4, 0.5) is 15.7 Å². The molecule has 1 saturated heterocycles. The van der Waals surface area contributed by atoms with Gasteiger partial charge in [0.15, 0.2) is 16.7 Å². The number of nitrogens with one attached hydrogen (secondary N) is 3. The van der Waals surface area contributed by atoms with Gasteiger partial charge in [-0.25, -0.2) is 19.2 Å². The fourth-order valence-corrected chi connectivity index (χ4v) is 3.69. The molecule has 3 heterocycles. The van der Waals surface area contributed by atoms with Gasteiger partial charge in [-0.3, -0.25) is 14.5 Å². The van der Waals surface area contributed by atoms with Crippen LogP contribution in [0.1, 0.15) is 12.9 Å². The molecule has 4 amide bonds. The van der Waals surface area contributed by atoms with E-state index in [-0.39, 0.29) is 59.9 Å². The van der Waals surface area contributed by atoms with E-state index in [2.05, 4.69) is 25.5 Å². The van der Waals surface area contributed by atoms with Crippen molar-refractivity contribution in [3.05, 3.63) is 22.9 Å². The first-order valence-corrected chi connectivity index (χ1v) is 10.7. The number of β-lactam (4-membered cyclic amide) rings is 1. The second-order valence-corrected chi connectivity index (χ2v) is 8.31. The quantitative estimate of drug-likeness (QED) is 0.126. The Kier molecular flexibility index (Phi) is 8.18. The van der Waals surface area contributed by atoms with E-state index in [9.17, 15) is 22.8 Å². The van der Waals surface area contributed by atoms with Gasteiger partial charge in [-0.2, -0.15) is 8.42 Å². The maximum Gasteiger partial charge on any atom is 1.00 e. The molecule has 3 rings (SSSR count). The van der Waals surface area contributed by atoms with Gasteiger partial charge in [-0.1, -0.05) is 10.3 Å². The number of amides is 4. The Labute approximate surface area is 208 Å². The fraction of sp³-hybridized carbons (Fsp3) is 0.286. The number of nitrogen functional groups attached to an aromatic ring is 1. The smallest absolute Gasteiger partial charge is 1.00 e. The third-order valence-corrected chi connectivity index (χ3v) is 5.33. The fourth-order valence-electron chi connectivity index (χ4n) is 2.38. The first-order chi connectivity index (χ1) is 14.6. The van der Waals surface area contributed by atoms with Gasteiger partial charge in [0, 0.05) is 11.4 Å². The summed E-state index contributed by atoms with van der Waals surface area (Å²) in [5.41, 5.74) is 5.46. The van der Waals surface area contributed by atoms with Crippen molar-refractivity contribution in [1.82, 2.24) is 25.1 Å². The summed E-state index contributed by atoms with van der Waals surface area (Å²) in [6.45, 7) is 1.27. The molecule has 2 aromatic heterocycles. The summed E-state index contributed by atoms with van der Waals surface area (Å²) in [5.74, 6) is -1.42. The monoisotopic (exact) mass is 496 g/mol. The minimum Gasteiger partial charge on any atom is -1.00 e. The molecule has 0 aromatic carbocycles. The SMILES string of the molecule is CO/N=C(\C(=O)N[C@H]1CN(C(=O)NS(=O)(=O)Nc2cc(C)on2)C1=O)c1csc(N)n1.[H-].[Na+]. The van der Waals surface area contributed by atoms with Gasteiger partial charge < -0.3 is 21.8 Å². The third-order valence-electron chi connectivity index (χ3n) is 3.73. The van der Waals surface area contributed by atoms with E-state index in [1.54, 1.807) is 11.6 Å². The van der Waals surface area contributed by atoms with Crippen molar-refractivity contribution in [3.8, 4) is 0 Å². The van der Waals surface area contributed by atoms with E-state index < -0.39 is 34.1 Å². The molecule has 18 heteroatoms. The number of imide groups is 1. The van der Waals surface area contributed by atoms with Crippen molar-refractivity contribution in [2.24, 2.45) is 5.16 Å². The number of thiazole rings is 1. The number of carbonyl (C=O) groups excluding carboxylic acids is 3. The third kappa shape index (κ3) is 5.94. The van der Waals surface area contributed by atoms with Gasteiger partial charge in [-0.05, 0) is 6.92 Å². The largest absolute Gasteiger partial charge is 1.00 e. The molecule has 0 radical (unpaired) electrons. The van der Waals surface area contributed by atoms with Crippen LogP contribution in [0, 0.1) is 6.92 Å². The number of hydrogen-bond acceptors (Lipinski definition) is 12. The molecule has 0 aliphatic carbocycles. The number of nitrogens with zero attached hydrogens (tertiary/aromatic N) is 4. The van der Waals surface area contributed by atoms with Crippen molar-refractivity contribution in [1.29, 1.82) is 0 Å². The van der Waals surface area contributed by atoms with Crippen LogP contribution in [0.2, 0.25) is 0 Å². The van der Waals surface area contributed by atoms with E-state index in [1.165, 1.54) is 18.6 Å². The molecule has 1 atom stereocenters. The maximum atomic E-state index is 12.4. The minimum atomic E-state index is -4.37. The molecule has 32 heavy (non-hydrogen) atoms. The van der Waals surface area contributed by atoms with Gasteiger partial charge in [0.1, 0.15) is 24.6 Å². The molecular weight excluding hydrogens is 479 g/mol. The van der Waals surface area contributed by atoms with Crippen LogP contribution >= 0.6 is 11.3 Å². The average molecular weight is 496 g/mol. The molecule has 1 aliphatic heterocycles. The summed E-state index contributed by atoms with van der Waals surface area (Å²) in [6, 6.07) is -0.995. The van der Waals surface area contributed by atoms with Crippen LogP contribution in [0.5, 0.6) is 0 Å². The second-order valence-electron chi connectivity index (χ2n) is 6.00. The summed E-state index contributed by atoms with van der Waals surface area (Å²) < 4.78 is 32.3. The predicted octanol–water partition coefficient (Wildman–Crippen LogP) is -4.12. The number of urea groups is 1. The first kappa shape index (κ1) is 25.5. The Morgan fingerprint density at radius 1 is 1.47 bits per heavy atom. The van der Waals surface area contributed by atoms with Crippen molar-refractivity contribution < 1.29 is 63.1 Å². The van der Waals surface area contributed by atoms with Crippen LogP contribution in [0.3, 0.4) is 0 Å². The number of anilines is 2. The minimum absolute atomic E-state index is 0. The molecular formula is C14H17N8NaO7S2. The van der Waals surface area contributed by atoms with Gasteiger partial charge in [0.25, 0.3) is 11.8 Å². The Morgan fingerprint density at radius 2 is 2.19 bits per heavy atom. The van der Waals surface area contributed by atoms with Crippen LogP contribution < -0.4 is 50.1 Å². The van der Waals surface area contributed by atoms with Crippen LogP contribution in [0.15, 0.2) is 21.1 Å². The zero-order valence-electron chi connectivity index (χ0n) is 18.0. The molecule has 2 aromatic rings. The zero-order chi connectivity index (χ0) is 22.8. The maximum absolute atomic E-state index is 12.4. The molecule has 15 nitrogen and oxygen atoms in total. The topological polar surface area (TPSA) is 211 Å². The summed E-state index contributed by atoms with van der Waals surface area (Å²) >= 11 is 1.08. The van der Waals surface area contributed by atoms with Gasteiger partial charge >= 0.3 is 45.8 Å². The normalized spacial score (nSPS) is 15.9. The summed E-state index contributed by atoms with van der Waals surface area (Å²) in [4.78, 5) is 45.9. The summed E-state index contributed by atoms with van der Waals surface area (Å²) in [7, 11) is -3.15. The second kappa shape index (κ2) is 10.3. The van der Waals surface area contributed by atoms with E-state index >= 15 is 0 Å². The molecule has 0 saturated carbocycles. The molecule has 1 aliphatic rings. The van der Waals surface area contributed by atoms with Crippen molar-refractivity contribution >= 4 is 56.1 Å². The zero-order valence-corrected chi connectivity index (χ0v) is 20.6. The number of oxime groups is 1. The number of likely N-dealkylation sites (tertiary alicyclic amines) is 1. The van der Waals surface area contributed by atoms with Crippen molar-refractivity contribution in [3.63, 3.8) is 0 Å². The van der Waals surface area contributed by atoms with Crippen molar-refractivity contribution in [2.45, 2.75) is 13.0 Å². The summed E-state index contributed by atoms with van der Waals surface area (Å²) in [5, 5.41) is 11.0. The van der Waals surface area contributed by atoms with E-state index in [1.807, 2.05) is 4.72 Å². The number of carbonyl (C=O) groups is 3. The molecule has 5 N–H and O–H groups in total. The van der Waals surface area contributed by atoms with Crippen LogP contribution in [0.25, 0.3) is 0 Å². The van der Waals surface area contributed by atoms with Gasteiger partial charge in [0.05, 0.1) is 6.54 Å². The Balaban J connectivity index is 0.00000272. The number of rotatable bonds is 7. The van der Waals surface area contributed by atoms with Gasteiger partial charge in [0.2, 0.25) is 0 Å². The number of aryl methyl sites for hydroxylation is 1. The van der Waals surface area contributed by atoms with Crippen LogP contribution in [-0.2, 0) is 24.6 Å². The van der Waals surface area contributed by atoms with E-state index in [0.29, 0.717) is 10.7 Å².